The molecule has 3 nitrogen and oxygen atoms in total. The molecule has 0 radical (unpaired) electrons. The highest BCUT2D eigenvalue weighted by Gasteiger charge is 2.24. The maximum absolute atomic E-state index is 13.2. The molecule has 2 aromatic rings. The molecule has 0 amide bonds. The standard InChI is InChI=1S/C16H8BrClFNO2/c17-12-7-9(1-6-13(12)19)8-14-16(21)22-15(20-14)10-2-4-11(18)5-3-10/h1-8H. The van der Waals surface area contributed by atoms with E-state index in [4.69, 9.17) is 16.3 Å². The van der Waals surface area contributed by atoms with Crippen LogP contribution in [0.5, 0.6) is 0 Å². The fourth-order valence-corrected chi connectivity index (χ4v) is 2.41. The van der Waals surface area contributed by atoms with Gasteiger partial charge in [-0.25, -0.2) is 14.2 Å². The van der Waals surface area contributed by atoms with Crippen LogP contribution in [0.2, 0.25) is 5.02 Å². The number of rotatable bonds is 2. The van der Waals surface area contributed by atoms with Crippen LogP contribution in [0.3, 0.4) is 0 Å². The second kappa shape index (κ2) is 6.02. The summed E-state index contributed by atoms with van der Waals surface area (Å²) in [5.41, 5.74) is 1.45. The van der Waals surface area contributed by atoms with E-state index >= 15 is 0 Å². The van der Waals surface area contributed by atoms with Crippen LogP contribution < -0.4 is 0 Å². The van der Waals surface area contributed by atoms with Gasteiger partial charge in [-0.2, -0.15) is 0 Å². The Labute approximate surface area is 139 Å². The number of carbonyl (C=O) groups excluding carboxylic acids is 1. The number of cyclic esters (lactones) is 1. The van der Waals surface area contributed by atoms with Gasteiger partial charge in [0.1, 0.15) is 5.82 Å². The monoisotopic (exact) mass is 379 g/mol. The van der Waals surface area contributed by atoms with Crippen LogP contribution in [0.15, 0.2) is 57.6 Å². The lowest BCUT2D eigenvalue weighted by atomic mass is 10.2. The van der Waals surface area contributed by atoms with Crippen molar-refractivity contribution in [2.45, 2.75) is 0 Å². The minimum absolute atomic E-state index is 0.156. The van der Waals surface area contributed by atoms with Gasteiger partial charge < -0.3 is 4.74 Å². The van der Waals surface area contributed by atoms with E-state index in [9.17, 15) is 9.18 Å². The molecule has 0 saturated heterocycles. The molecule has 0 fully saturated rings. The Kier molecular flexibility index (Phi) is 4.09. The maximum atomic E-state index is 13.2. The quantitative estimate of drug-likeness (QED) is 0.565. The summed E-state index contributed by atoms with van der Waals surface area (Å²) in [5.74, 6) is -0.707. The molecule has 0 unspecified atom stereocenters. The molecule has 0 bridgehead atoms. The van der Waals surface area contributed by atoms with Gasteiger partial charge in [-0.1, -0.05) is 17.7 Å². The first-order valence-electron chi connectivity index (χ1n) is 6.26. The molecule has 22 heavy (non-hydrogen) atoms. The molecular formula is C16H8BrClFNO2. The van der Waals surface area contributed by atoms with Gasteiger partial charge in [0.2, 0.25) is 5.90 Å². The van der Waals surface area contributed by atoms with Gasteiger partial charge in [0.15, 0.2) is 5.70 Å². The third-order valence-electron chi connectivity index (χ3n) is 2.96. The van der Waals surface area contributed by atoms with E-state index in [0.29, 0.717) is 20.6 Å². The van der Waals surface area contributed by atoms with Crippen LogP contribution in [0, 0.1) is 5.82 Å². The Morgan fingerprint density at radius 3 is 2.59 bits per heavy atom. The minimum atomic E-state index is -0.551. The number of esters is 1. The van der Waals surface area contributed by atoms with Gasteiger partial charge in [-0.3, -0.25) is 0 Å². The molecule has 1 heterocycles. The molecule has 6 heteroatoms. The summed E-state index contributed by atoms with van der Waals surface area (Å²) in [6.45, 7) is 0. The van der Waals surface area contributed by atoms with Crippen LogP contribution in [0.1, 0.15) is 11.1 Å². The minimum Gasteiger partial charge on any atom is -0.402 e. The van der Waals surface area contributed by atoms with Crippen molar-refractivity contribution < 1.29 is 13.9 Å². The number of hydrogen-bond donors (Lipinski definition) is 0. The first-order chi connectivity index (χ1) is 10.5. The van der Waals surface area contributed by atoms with Gasteiger partial charge in [0, 0.05) is 10.6 Å². The predicted molar refractivity (Wildman–Crippen MR) is 86.2 cm³/mol. The summed E-state index contributed by atoms with van der Waals surface area (Å²) < 4.78 is 18.7. The van der Waals surface area contributed by atoms with Gasteiger partial charge >= 0.3 is 5.97 Å². The van der Waals surface area contributed by atoms with Crippen LogP contribution >= 0.6 is 27.5 Å². The highest BCUT2D eigenvalue weighted by Crippen LogP contribution is 2.22. The second-order valence-electron chi connectivity index (χ2n) is 4.52. The van der Waals surface area contributed by atoms with Gasteiger partial charge in [0.05, 0.1) is 4.47 Å². The molecule has 2 aromatic carbocycles. The summed E-state index contributed by atoms with van der Waals surface area (Å²) in [5, 5.41) is 0.584. The van der Waals surface area contributed by atoms with Gasteiger partial charge in [-0.15, -0.1) is 0 Å². The van der Waals surface area contributed by atoms with E-state index in [1.54, 1.807) is 36.4 Å². The highest BCUT2D eigenvalue weighted by atomic mass is 79.9. The van der Waals surface area contributed by atoms with Crippen molar-refractivity contribution in [1.82, 2.24) is 0 Å². The molecule has 0 saturated carbocycles. The molecular weight excluding hydrogens is 373 g/mol. The molecule has 0 aliphatic carbocycles. The highest BCUT2D eigenvalue weighted by molar-refractivity contribution is 9.10. The zero-order chi connectivity index (χ0) is 15.7. The molecule has 0 spiro atoms. The van der Waals surface area contributed by atoms with Gasteiger partial charge in [0.25, 0.3) is 0 Å². The zero-order valence-electron chi connectivity index (χ0n) is 11.0. The van der Waals surface area contributed by atoms with Crippen molar-refractivity contribution in [3.05, 3.63) is 74.6 Å². The number of benzene rings is 2. The van der Waals surface area contributed by atoms with E-state index in [1.165, 1.54) is 12.1 Å². The van der Waals surface area contributed by atoms with Crippen molar-refractivity contribution >= 4 is 45.5 Å². The van der Waals surface area contributed by atoms with Crippen LogP contribution in [-0.2, 0) is 9.53 Å². The Morgan fingerprint density at radius 1 is 1.18 bits per heavy atom. The number of hydrogen-bond acceptors (Lipinski definition) is 3. The summed E-state index contributed by atoms with van der Waals surface area (Å²) in [7, 11) is 0. The molecule has 0 atom stereocenters. The molecule has 1 aliphatic rings. The van der Waals surface area contributed by atoms with Crippen LogP contribution in [0.25, 0.3) is 6.08 Å². The molecule has 1 aliphatic heterocycles. The predicted octanol–water partition coefficient (Wildman–Crippen LogP) is 4.59. The molecule has 110 valence electrons. The van der Waals surface area contributed by atoms with E-state index < -0.39 is 5.97 Å². The number of nitrogens with zero attached hydrogens (tertiary/aromatic N) is 1. The third-order valence-corrected chi connectivity index (χ3v) is 3.82. The van der Waals surface area contributed by atoms with Crippen molar-refractivity contribution in [1.29, 1.82) is 0 Å². The van der Waals surface area contributed by atoms with Gasteiger partial charge in [-0.05, 0) is 64.0 Å². The van der Waals surface area contributed by atoms with Crippen molar-refractivity contribution in [3.63, 3.8) is 0 Å². The fourth-order valence-electron chi connectivity index (χ4n) is 1.89. The maximum Gasteiger partial charge on any atom is 0.363 e. The summed E-state index contributed by atoms with van der Waals surface area (Å²) in [6.07, 6.45) is 1.54. The first kappa shape index (κ1) is 14.9. The number of carbonyl (C=O) groups is 1. The summed E-state index contributed by atoms with van der Waals surface area (Å²) in [6, 6.07) is 11.2. The van der Waals surface area contributed by atoms with Crippen LogP contribution in [-0.4, -0.2) is 11.9 Å². The fraction of sp³-hybridized carbons (Fsp3) is 0. The second-order valence-corrected chi connectivity index (χ2v) is 5.81. The number of ether oxygens (including phenoxy) is 1. The Morgan fingerprint density at radius 2 is 1.91 bits per heavy atom. The van der Waals surface area contributed by atoms with E-state index in [1.807, 2.05) is 0 Å². The van der Waals surface area contributed by atoms with E-state index in [-0.39, 0.29) is 17.4 Å². The Hall–Kier alpha value is -1.98. The van der Waals surface area contributed by atoms with Crippen molar-refractivity contribution in [2.75, 3.05) is 0 Å². The lowest BCUT2D eigenvalue weighted by molar-refractivity contribution is -0.129. The van der Waals surface area contributed by atoms with Crippen molar-refractivity contribution in [2.24, 2.45) is 4.99 Å². The summed E-state index contributed by atoms with van der Waals surface area (Å²) >= 11 is 8.91. The largest absolute Gasteiger partial charge is 0.402 e. The topological polar surface area (TPSA) is 38.7 Å². The normalized spacial score (nSPS) is 15.9. The average Bonchev–Trinajstić information content (AvgIpc) is 2.85. The molecule has 0 aromatic heterocycles. The number of aliphatic imine (C=N–C) groups is 1. The Balaban J connectivity index is 1.93. The van der Waals surface area contributed by atoms with E-state index in [0.717, 1.165) is 0 Å². The van der Waals surface area contributed by atoms with Crippen LogP contribution in [0.4, 0.5) is 4.39 Å². The first-order valence-corrected chi connectivity index (χ1v) is 7.43. The smallest absolute Gasteiger partial charge is 0.363 e. The van der Waals surface area contributed by atoms with Crippen molar-refractivity contribution in [3.8, 4) is 0 Å². The Bertz CT molecular complexity index is 815. The summed E-state index contributed by atoms with van der Waals surface area (Å²) in [4.78, 5) is 16.0. The number of halogens is 3. The average molecular weight is 381 g/mol. The molecule has 0 N–H and O–H groups in total. The lowest BCUT2D eigenvalue weighted by Crippen LogP contribution is -2.05. The zero-order valence-corrected chi connectivity index (χ0v) is 13.4. The lowest BCUT2D eigenvalue weighted by Gasteiger charge is -1.98. The SMILES string of the molecule is O=C1OC(c2ccc(Cl)cc2)=NC1=Cc1ccc(F)c(Br)c1. The molecule has 3 rings (SSSR count). The van der Waals surface area contributed by atoms with E-state index in [2.05, 4.69) is 20.9 Å². The third kappa shape index (κ3) is 3.10.